The molecule has 0 amide bonds. The van der Waals surface area contributed by atoms with Crippen LogP contribution >= 0.6 is 0 Å². The highest BCUT2D eigenvalue weighted by Gasteiger charge is 2.24. The lowest BCUT2D eigenvalue weighted by atomic mass is 9.79. The molecule has 2 aliphatic carbocycles. The summed E-state index contributed by atoms with van der Waals surface area (Å²) in [7, 11) is 0. The van der Waals surface area contributed by atoms with Gasteiger partial charge in [0.1, 0.15) is 0 Å². The Morgan fingerprint density at radius 1 is 0.967 bits per heavy atom. The summed E-state index contributed by atoms with van der Waals surface area (Å²) >= 11 is 0. The molecule has 1 fully saturated rings. The van der Waals surface area contributed by atoms with E-state index in [2.05, 4.69) is 32.1 Å². The Bertz CT molecular complexity index is 722. The lowest BCUT2D eigenvalue weighted by molar-refractivity contribution is 0.339. The van der Waals surface area contributed by atoms with Gasteiger partial charge < -0.3 is 0 Å². The first-order valence-corrected chi connectivity index (χ1v) is 12.4. The van der Waals surface area contributed by atoms with Gasteiger partial charge in [0.05, 0.1) is 0 Å². The average Bonchev–Trinajstić information content (AvgIpc) is 2.76. The molecule has 0 radical (unpaired) electrons. The van der Waals surface area contributed by atoms with Gasteiger partial charge in [-0.2, -0.15) is 0 Å². The fourth-order valence-corrected chi connectivity index (χ4v) is 5.12. The summed E-state index contributed by atoms with van der Waals surface area (Å²) in [5.74, 6) is 0.307. The average molecular weight is 415 g/mol. The van der Waals surface area contributed by atoms with Gasteiger partial charge in [-0.05, 0) is 86.7 Å². The lowest BCUT2D eigenvalue weighted by Crippen LogP contribution is -2.13. The molecule has 0 N–H and O–H groups in total. The van der Waals surface area contributed by atoms with E-state index in [0.29, 0.717) is 29.4 Å². The Balaban J connectivity index is 1.46. The second kappa shape index (κ2) is 11.8. The number of hydrogen-bond acceptors (Lipinski definition) is 0. The zero-order valence-electron chi connectivity index (χ0n) is 19.1. The molecule has 30 heavy (non-hydrogen) atoms. The minimum atomic E-state index is -0.614. The normalized spacial score (nSPS) is 24.9. The van der Waals surface area contributed by atoms with Gasteiger partial charge >= 0.3 is 0 Å². The summed E-state index contributed by atoms with van der Waals surface area (Å²) in [5.41, 5.74) is 2.76. The van der Waals surface area contributed by atoms with Crippen molar-refractivity contribution in [2.45, 2.75) is 103 Å². The number of halogens is 2. The van der Waals surface area contributed by atoms with Crippen LogP contribution in [0.3, 0.4) is 0 Å². The van der Waals surface area contributed by atoms with Gasteiger partial charge in [-0.25, -0.2) is 8.78 Å². The fourth-order valence-electron chi connectivity index (χ4n) is 5.12. The second-order valence-corrected chi connectivity index (χ2v) is 9.72. The summed E-state index contributed by atoms with van der Waals surface area (Å²) in [4.78, 5) is 0. The highest BCUT2D eigenvalue weighted by Crippen LogP contribution is 2.37. The van der Waals surface area contributed by atoms with Crippen LogP contribution in [0, 0.1) is 23.5 Å². The van der Waals surface area contributed by atoms with Crippen LogP contribution in [0.25, 0.3) is 0 Å². The first-order chi connectivity index (χ1) is 14.6. The SMILES string of the molecule is CCCCCC1=CCC(/C=C/CCc2ccc(C3CCC(C)CC3)c(F)c2F)CC1. The standard InChI is InChI=1S/C28H40F2/c1-3-4-5-8-22-13-15-23(16-14-22)9-6-7-10-25-19-20-26(28(30)27(25)29)24-17-11-21(2)12-18-24/h6,9,13,19-21,23-24H,3-5,7-8,10-12,14-18H2,1-2H3/b9-6+. The van der Waals surface area contributed by atoms with Crippen LogP contribution in [0.15, 0.2) is 35.9 Å². The molecular weight excluding hydrogens is 374 g/mol. The van der Waals surface area contributed by atoms with E-state index in [1.54, 1.807) is 5.57 Å². The van der Waals surface area contributed by atoms with Crippen LogP contribution < -0.4 is 0 Å². The predicted octanol–water partition coefficient (Wildman–Crippen LogP) is 9.05. The fraction of sp³-hybridized carbons (Fsp3) is 0.643. The first kappa shape index (κ1) is 23.2. The molecule has 166 valence electrons. The summed E-state index contributed by atoms with van der Waals surface area (Å²) in [5, 5.41) is 0. The Kier molecular flexibility index (Phi) is 9.15. The molecule has 0 spiro atoms. The molecule has 0 aliphatic heterocycles. The maximum Gasteiger partial charge on any atom is 0.162 e. The van der Waals surface area contributed by atoms with Gasteiger partial charge in [-0.1, -0.05) is 75.5 Å². The molecule has 3 rings (SSSR count). The van der Waals surface area contributed by atoms with Crippen molar-refractivity contribution in [3.63, 3.8) is 0 Å². The smallest absolute Gasteiger partial charge is 0.162 e. The Morgan fingerprint density at radius 2 is 1.77 bits per heavy atom. The van der Waals surface area contributed by atoms with E-state index in [1.807, 2.05) is 12.1 Å². The van der Waals surface area contributed by atoms with Gasteiger partial charge in [0.15, 0.2) is 11.6 Å². The van der Waals surface area contributed by atoms with Crippen molar-refractivity contribution < 1.29 is 8.78 Å². The quantitative estimate of drug-likeness (QED) is 0.279. The summed E-state index contributed by atoms with van der Waals surface area (Å²) in [6.07, 6.45) is 21.3. The molecule has 1 unspecified atom stereocenters. The van der Waals surface area contributed by atoms with Crippen LogP contribution in [-0.2, 0) is 6.42 Å². The zero-order chi connectivity index (χ0) is 21.3. The number of unbranched alkanes of at least 4 members (excludes halogenated alkanes) is 2. The molecule has 0 aromatic heterocycles. The van der Waals surface area contributed by atoms with Crippen LogP contribution in [0.5, 0.6) is 0 Å². The number of aryl methyl sites for hydroxylation is 1. The highest BCUT2D eigenvalue weighted by molar-refractivity contribution is 5.29. The van der Waals surface area contributed by atoms with Crippen molar-refractivity contribution in [3.8, 4) is 0 Å². The summed E-state index contributed by atoms with van der Waals surface area (Å²) in [6, 6.07) is 3.68. The van der Waals surface area contributed by atoms with Gasteiger partial charge in [0.2, 0.25) is 0 Å². The maximum atomic E-state index is 14.7. The number of allylic oxidation sites excluding steroid dienone is 4. The van der Waals surface area contributed by atoms with E-state index >= 15 is 0 Å². The zero-order valence-corrected chi connectivity index (χ0v) is 19.1. The molecule has 1 saturated carbocycles. The van der Waals surface area contributed by atoms with E-state index in [4.69, 9.17) is 0 Å². The molecule has 1 aromatic carbocycles. The minimum absolute atomic E-state index is 0.191. The summed E-state index contributed by atoms with van der Waals surface area (Å²) < 4.78 is 29.3. The number of hydrogen-bond donors (Lipinski definition) is 0. The van der Waals surface area contributed by atoms with Gasteiger partial charge in [-0.15, -0.1) is 0 Å². The third kappa shape index (κ3) is 6.53. The van der Waals surface area contributed by atoms with E-state index in [-0.39, 0.29) is 5.92 Å². The van der Waals surface area contributed by atoms with Crippen molar-refractivity contribution >= 4 is 0 Å². The third-order valence-electron chi connectivity index (χ3n) is 7.28. The second-order valence-electron chi connectivity index (χ2n) is 9.72. The Labute approximate surface area is 182 Å². The van der Waals surface area contributed by atoms with Crippen molar-refractivity contribution in [3.05, 3.63) is 58.7 Å². The monoisotopic (exact) mass is 414 g/mol. The first-order valence-electron chi connectivity index (χ1n) is 12.4. The summed E-state index contributed by atoms with van der Waals surface area (Å²) in [6.45, 7) is 4.50. The van der Waals surface area contributed by atoms with Gasteiger partial charge in [-0.3, -0.25) is 0 Å². The minimum Gasteiger partial charge on any atom is -0.203 e. The predicted molar refractivity (Wildman–Crippen MR) is 124 cm³/mol. The van der Waals surface area contributed by atoms with E-state index in [0.717, 1.165) is 38.5 Å². The third-order valence-corrected chi connectivity index (χ3v) is 7.28. The van der Waals surface area contributed by atoms with Crippen LogP contribution in [0.1, 0.15) is 108 Å². The Hall–Kier alpha value is -1.44. The van der Waals surface area contributed by atoms with Crippen LogP contribution in [0.2, 0.25) is 0 Å². The molecular formula is C28H40F2. The molecule has 2 aliphatic rings. The van der Waals surface area contributed by atoms with E-state index in [1.165, 1.54) is 38.5 Å². The number of rotatable bonds is 9. The van der Waals surface area contributed by atoms with E-state index < -0.39 is 11.6 Å². The lowest BCUT2D eigenvalue weighted by Gasteiger charge is -2.27. The van der Waals surface area contributed by atoms with Crippen molar-refractivity contribution in [1.82, 2.24) is 0 Å². The molecule has 0 bridgehead atoms. The molecule has 2 heteroatoms. The van der Waals surface area contributed by atoms with Crippen molar-refractivity contribution in [2.75, 3.05) is 0 Å². The van der Waals surface area contributed by atoms with E-state index in [9.17, 15) is 8.78 Å². The maximum absolute atomic E-state index is 14.7. The Morgan fingerprint density at radius 3 is 2.47 bits per heavy atom. The molecule has 1 atom stereocenters. The molecule has 0 nitrogen and oxygen atoms in total. The van der Waals surface area contributed by atoms with Crippen molar-refractivity contribution in [2.24, 2.45) is 11.8 Å². The molecule has 0 saturated heterocycles. The highest BCUT2D eigenvalue weighted by atomic mass is 19.2. The largest absolute Gasteiger partial charge is 0.203 e. The molecule has 1 aromatic rings. The van der Waals surface area contributed by atoms with Crippen LogP contribution in [-0.4, -0.2) is 0 Å². The van der Waals surface area contributed by atoms with Crippen molar-refractivity contribution in [1.29, 1.82) is 0 Å². The number of benzene rings is 1. The van der Waals surface area contributed by atoms with Gasteiger partial charge in [0, 0.05) is 0 Å². The molecule has 0 heterocycles. The van der Waals surface area contributed by atoms with Crippen LogP contribution in [0.4, 0.5) is 8.78 Å². The topological polar surface area (TPSA) is 0 Å². The van der Waals surface area contributed by atoms with Gasteiger partial charge in [0.25, 0.3) is 0 Å².